The molecule has 2 heterocycles. The molecule has 3 N–H and O–H groups in total. The summed E-state index contributed by atoms with van der Waals surface area (Å²) in [5, 5.41) is 14.6. The summed E-state index contributed by atoms with van der Waals surface area (Å²) in [6.07, 6.45) is 3.43. The summed E-state index contributed by atoms with van der Waals surface area (Å²) < 4.78 is 25.7. The molecule has 2 rings (SSSR count). The largest absolute Gasteiger partial charge is 0.478 e. The van der Waals surface area contributed by atoms with Crippen LogP contribution >= 0.6 is 0 Å². The van der Waals surface area contributed by atoms with Gasteiger partial charge >= 0.3 is 5.97 Å². The molecular weight excluding hydrogens is 260 g/mol. The Labute approximate surface area is 102 Å². The number of rotatable bonds is 4. The Hall–Kier alpha value is -2.42. The second kappa shape index (κ2) is 4.45. The molecule has 8 nitrogen and oxygen atoms in total. The van der Waals surface area contributed by atoms with E-state index in [4.69, 9.17) is 5.11 Å². The van der Waals surface area contributed by atoms with Crippen molar-refractivity contribution in [1.29, 1.82) is 0 Å². The Bertz CT molecular complexity index is 648. The van der Waals surface area contributed by atoms with Crippen LogP contribution in [0, 0.1) is 0 Å². The minimum Gasteiger partial charge on any atom is -0.478 e. The van der Waals surface area contributed by atoms with Crippen molar-refractivity contribution in [3.8, 4) is 0 Å². The quantitative estimate of drug-likeness (QED) is 0.732. The van der Waals surface area contributed by atoms with E-state index in [9.17, 15) is 13.2 Å². The van der Waals surface area contributed by atoms with Crippen LogP contribution in [0.1, 0.15) is 10.4 Å². The molecule has 0 bridgehead atoms. The number of aromatic amines is 1. The Kier molecular flexibility index (Phi) is 2.98. The predicted octanol–water partition coefficient (Wildman–Crippen LogP) is 0.304. The number of carbonyl (C=O) groups is 1. The molecule has 0 fully saturated rings. The molecule has 9 heteroatoms. The molecule has 18 heavy (non-hydrogen) atoms. The molecule has 0 aliphatic heterocycles. The van der Waals surface area contributed by atoms with Crippen molar-refractivity contribution in [1.82, 2.24) is 15.2 Å². The molecule has 0 aromatic carbocycles. The third-order valence-electron chi connectivity index (χ3n) is 2.03. The van der Waals surface area contributed by atoms with Gasteiger partial charge < -0.3 is 5.11 Å². The molecule has 0 radical (unpaired) electrons. The smallest absolute Gasteiger partial charge is 0.337 e. The lowest BCUT2D eigenvalue weighted by atomic mass is 10.3. The van der Waals surface area contributed by atoms with Crippen molar-refractivity contribution in [3.63, 3.8) is 0 Å². The van der Waals surface area contributed by atoms with Crippen molar-refractivity contribution >= 4 is 21.8 Å². The lowest BCUT2D eigenvalue weighted by molar-refractivity contribution is 0.0696. The average molecular weight is 268 g/mol. The maximum Gasteiger partial charge on any atom is 0.337 e. The zero-order valence-electron chi connectivity index (χ0n) is 8.86. The van der Waals surface area contributed by atoms with Gasteiger partial charge in [0.25, 0.3) is 10.0 Å². The first-order valence-electron chi connectivity index (χ1n) is 4.70. The van der Waals surface area contributed by atoms with E-state index < -0.39 is 16.0 Å². The van der Waals surface area contributed by atoms with Gasteiger partial charge in [-0.25, -0.2) is 18.2 Å². The number of carboxylic acid groups (broad SMARTS) is 1. The van der Waals surface area contributed by atoms with Crippen LogP contribution in [0.5, 0.6) is 0 Å². The van der Waals surface area contributed by atoms with E-state index in [0.717, 1.165) is 12.4 Å². The molecule has 2 aromatic heterocycles. The summed E-state index contributed by atoms with van der Waals surface area (Å²) >= 11 is 0. The first kappa shape index (κ1) is 12.0. The number of carboxylic acids is 1. The van der Waals surface area contributed by atoms with Crippen molar-refractivity contribution in [2.75, 3.05) is 4.72 Å². The Balaban J connectivity index is 2.22. The Morgan fingerprint density at radius 3 is 2.61 bits per heavy atom. The fourth-order valence-electron chi connectivity index (χ4n) is 1.16. The van der Waals surface area contributed by atoms with Crippen LogP contribution in [0.4, 0.5) is 5.82 Å². The number of anilines is 1. The van der Waals surface area contributed by atoms with Gasteiger partial charge in [-0.2, -0.15) is 5.10 Å². The number of pyridine rings is 1. The van der Waals surface area contributed by atoms with Crippen molar-refractivity contribution in [2.45, 2.75) is 4.90 Å². The van der Waals surface area contributed by atoms with Gasteiger partial charge in [-0.1, -0.05) is 0 Å². The molecule has 0 amide bonds. The first-order valence-corrected chi connectivity index (χ1v) is 6.18. The highest BCUT2D eigenvalue weighted by molar-refractivity contribution is 7.92. The SMILES string of the molecule is O=C(O)c1ccc(NS(=O)(=O)c2cn[nH]c2)nc1. The maximum absolute atomic E-state index is 11.8. The Morgan fingerprint density at radius 2 is 2.11 bits per heavy atom. The highest BCUT2D eigenvalue weighted by Gasteiger charge is 2.16. The van der Waals surface area contributed by atoms with E-state index in [1.165, 1.54) is 18.3 Å². The number of nitrogens with one attached hydrogen (secondary N) is 2. The second-order valence-corrected chi connectivity index (χ2v) is 4.96. The van der Waals surface area contributed by atoms with Gasteiger partial charge in [0.05, 0.1) is 11.8 Å². The van der Waals surface area contributed by atoms with Gasteiger partial charge in [0.15, 0.2) is 0 Å². The highest BCUT2D eigenvalue weighted by atomic mass is 32.2. The van der Waals surface area contributed by atoms with E-state index in [2.05, 4.69) is 19.9 Å². The molecule has 2 aromatic rings. The minimum atomic E-state index is -3.76. The van der Waals surface area contributed by atoms with E-state index in [-0.39, 0.29) is 16.3 Å². The van der Waals surface area contributed by atoms with E-state index >= 15 is 0 Å². The van der Waals surface area contributed by atoms with Gasteiger partial charge in [-0.3, -0.25) is 9.82 Å². The van der Waals surface area contributed by atoms with Crippen LogP contribution in [0.3, 0.4) is 0 Å². The van der Waals surface area contributed by atoms with Crippen LogP contribution in [0.25, 0.3) is 0 Å². The lowest BCUT2D eigenvalue weighted by Crippen LogP contribution is -2.13. The molecule has 0 spiro atoms. The monoisotopic (exact) mass is 268 g/mol. The van der Waals surface area contributed by atoms with Gasteiger partial charge in [0, 0.05) is 12.4 Å². The Morgan fingerprint density at radius 1 is 1.33 bits per heavy atom. The fourth-order valence-corrected chi connectivity index (χ4v) is 2.08. The zero-order valence-corrected chi connectivity index (χ0v) is 9.68. The molecular formula is C9H8N4O4S. The number of sulfonamides is 1. The third kappa shape index (κ3) is 2.46. The van der Waals surface area contributed by atoms with Crippen molar-refractivity contribution < 1.29 is 18.3 Å². The topological polar surface area (TPSA) is 125 Å². The summed E-state index contributed by atoms with van der Waals surface area (Å²) in [5.74, 6) is -1.10. The average Bonchev–Trinajstić information content (AvgIpc) is 2.83. The van der Waals surface area contributed by atoms with Crippen molar-refractivity contribution in [2.24, 2.45) is 0 Å². The van der Waals surface area contributed by atoms with Gasteiger partial charge in [-0.15, -0.1) is 0 Å². The van der Waals surface area contributed by atoms with Gasteiger partial charge in [0.2, 0.25) is 0 Å². The number of H-pyrrole nitrogens is 1. The maximum atomic E-state index is 11.8. The summed E-state index contributed by atoms with van der Waals surface area (Å²) in [5.41, 5.74) is -0.0266. The van der Waals surface area contributed by atoms with Gasteiger partial charge in [0.1, 0.15) is 10.7 Å². The minimum absolute atomic E-state index is 0.0266. The first-order chi connectivity index (χ1) is 8.49. The number of aromatic carboxylic acids is 1. The van der Waals surface area contributed by atoms with E-state index in [1.807, 2.05) is 0 Å². The summed E-state index contributed by atoms with van der Waals surface area (Å²) in [6.45, 7) is 0. The number of hydrogen-bond acceptors (Lipinski definition) is 5. The number of hydrogen-bond donors (Lipinski definition) is 3. The molecule has 0 unspecified atom stereocenters. The summed E-state index contributed by atoms with van der Waals surface area (Å²) in [4.78, 5) is 14.3. The number of nitrogens with zero attached hydrogens (tertiary/aromatic N) is 2. The van der Waals surface area contributed by atoms with Crippen LogP contribution in [0.2, 0.25) is 0 Å². The second-order valence-electron chi connectivity index (χ2n) is 3.28. The van der Waals surface area contributed by atoms with E-state index in [0.29, 0.717) is 0 Å². The van der Waals surface area contributed by atoms with Gasteiger partial charge in [-0.05, 0) is 12.1 Å². The summed E-state index contributed by atoms with van der Waals surface area (Å²) in [6, 6.07) is 2.52. The van der Waals surface area contributed by atoms with Crippen LogP contribution in [-0.2, 0) is 10.0 Å². The van der Waals surface area contributed by atoms with Crippen LogP contribution in [-0.4, -0.2) is 34.7 Å². The standard InChI is InChI=1S/C9H8N4O4S/c14-9(15)6-1-2-8(10-3-6)13-18(16,17)7-4-11-12-5-7/h1-5H,(H,10,13)(H,11,12)(H,14,15). The zero-order chi connectivity index (χ0) is 13.2. The predicted molar refractivity (Wildman–Crippen MR) is 60.6 cm³/mol. The highest BCUT2D eigenvalue weighted by Crippen LogP contribution is 2.12. The molecule has 0 aliphatic rings. The van der Waals surface area contributed by atoms with E-state index in [1.54, 1.807) is 0 Å². The fraction of sp³-hybridized carbons (Fsp3) is 0. The molecule has 94 valence electrons. The molecule has 0 atom stereocenters. The summed E-state index contributed by atoms with van der Waals surface area (Å²) in [7, 11) is -3.76. The number of aromatic nitrogens is 3. The molecule has 0 aliphatic carbocycles. The third-order valence-corrected chi connectivity index (χ3v) is 3.35. The normalized spacial score (nSPS) is 11.1. The lowest BCUT2D eigenvalue weighted by Gasteiger charge is -2.04. The van der Waals surface area contributed by atoms with Crippen molar-refractivity contribution in [3.05, 3.63) is 36.3 Å². The van der Waals surface area contributed by atoms with Crippen LogP contribution < -0.4 is 4.72 Å². The molecule has 0 saturated heterocycles. The molecule has 0 saturated carbocycles. The van der Waals surface area contributed by atoms with Crippen LogP contribution in [0.15, 0.2) is 35.6 Å².